The van der Waals surface area contributed by atoms with Crippen molar-refractivity contribution in [3.8, 4) is 11.5 Å². The largest absolute Gasteiger partial charge is 0.482 e. The number of benzene rings is 3. The van der Waals surface area contributed by atoms with E-state index in [1.165, 1.54) is 35.6 Å². The molecule has 3 aromatic rings. The van der Waals surface area contributed by atoms with Crippen LogP contribution in [0.25, 0.3) is 0 Å². The maximum Gasteiger partial charge on any atom is 0.349 e. The standard InChI is InChI=1S/C22H21NO5S/c1-17-7-6-8-20(15-17)27-16-22(24)28-19-13-11-18(12-14-19)23(2)29(25,26)21-9-4-3-5-10-21/h3-15H,16H2,1-2H3. The third-order valence-corrected chi connectivity index (χ3v) is 5.98. The monoisotopic (exact) mass is 411 g/mol. The van der Waals surface area contributed by atoms with Crippen molar-refractivity contribution in [3.63, 3.8) is 0 Å². The number of aryl methyl sites for hydroxylation is 1. The highest BCUT2D eigenvalue weighted by molar-refractivity contribution is 7.92. The lowest BCUT2D eigenvalue weighted by Crippen LogP contribution is -2.26. The minimum atomic E-state index is -3.67. The predicted molar refractivity (Wildman–Crippen MR) is 111 cm³/mol. The van der Waals surface area contributed by atoms with Gasteiger partial charge in [0.25, 0.3) is 10.0 Å². The fourth-order valence-corrected chi connectivity index (χ4v) is 3.84. The van der Waals surface area contributed by atoms with Crippen molar-refractivity contribution in [3.05, 3.63) is 84.4 Å². The summed E-state index contributed by atoms with van der Waals surface area (Å²) >= 11 is 0. The van der Waals surface area contributed by atoms with Crippen LogP contribution in [0.15, 0.2) is 83.8 Å². The lowest BCUT2D eigenvalue weighted by Gasteiger charge is -2.19. The second-order valence-corrected chi connectivity index (χ2v) is 8.33. The average Bonchev–Trinajstić information content (AvgIpc) is 2.73. The van der Waals surface area contributed by atoms with Crippen molar-refractivity contribution in [2.24, 2.45) is 0 Å². The first-order valence-electron chi connectivity index (χ1n) is 8.90. The molecule has 150 valence electrons. The Morgan fingerprint density at radius 2 is 1.59 bits per heavy atom. The Hall–Kier alpha value is -3.32. The molecule has 3 rings (SSSR count). The fourth-order valence-electron chi connectivity index (χ4n) is 2.62. The molecule has 0 saturated carbocycles. The van der Waals surface area contributed by atoms with E-state index in [0.29, 0.717) is 17.2 Å². The van der Waals surface area contributed by atoms with Gasteiger partial charge in [0.1, 0.15) is 11.5 Å². The lowest BCUT2D eigenvalue weighted by molar-refractivity contribution is -0.136. The quantitative estimate of drug-likeness (QED) is 0.437. The van der Waals surface area contributed by atoms with E-state index in [-0.39, 0.29) is 11.5 Å². The molecule has 0 atom stereocenters. The van der Waals surface area contributed by atoms with Gasteiger partial charge >= 0.3 is 5.97 Å². The van der Waals surface area contributed by atoms with Crippen LogP contribution in [-0.4, -0.2) is 28.0 Å². The van der Waals surface area contributed by atoms with Gasteiger partial charge in [0.15, 0.2) is 6.61 Å². The zero-order chi connectivity index (χ0) is 20.9. The van der Waals surface area contributed by atoms with Gasteiger partial charge in [0.2, 0.25) is 0 Å². The number of sulfonamides is 1. The van der Waals surface area contributed by atoms with Crippen molar-refractivity contribution in [2.45, 2.75) is 11.8 Å². The number of anilines is 1. The van der Waals surface area contributed by atoms with Gasteiger partial charge in [-0.2, -0.15) is 0 Å². The first-order chi connectivity index (χ1) is 13.9. The number of ether oxygens (including phenoxy) is 2. The van der Waals surface area contributed by atoms with Gasteiger partial charge in [-0.15, -0.1) is 0 Å². The van der Waals surface area contributed by atoms with Crippen molar-refractivity contribution in [1.29, 1.82) is 0 Å². The maximum atomic E-state index is 12.7. The van der Waals surface area contributed by atoms with Crippen LogP contribution in [0.5, 0.6) is 11.5 Å². The van der Waals surface area contributed by atoms with E-state index in [4.69, 9.17) is 9.47 Å². The summed E-state index contributed by atoms with van der Waals surface area (Å²) in [4.78, 5) is 12.2. The van der Waals surface area contributed by atoms with Crippen LogP contribution < -0.4 is 13.8 Å². The summed E-state index contributed by atoms with van der Waals surface area (Å²) in [5.74, 6) is 0.340. The summed E-state index contributed by atoms with van der Waals surface area (Å²) in [7, 11) is -2.19. The molecular weight excluding hydrogens is 390 g/mol. The van der Waals surface area contributed by atoms with E-state index in [1.54, 1.807) is 36.4 Å². The number of rotatable bonds is 7. The molecule has 0 bridgehead atoms. The smallest absolute Gasteiger partial charge is 0.349 e. The van der Waals surface area contributed by atoms with Gasteiger partial charge in [-0.25, -0.2) is 13.2 Å². The summed E-state index contributed by atoms with van der Waals surface area (Å²) in [6, 6.07) is 21.8. The molecular formula is C22H21NO5S. The maximum absolute atomic E-state index is 12.7. The predicted octanol–water partition coefficient (Wildman–Crippen LogP) is 3.80. The Bertz CT molecular complexity index is 1080. The van der Waals surface area contributed by atoms with E-state index in [2.05, 4.69) is 0 Å². The highest BCUT2D eigenvalue weighted by Gasteiger charge is 2.21. The Morgan fingerprint density at radius 1 is 0.897 bits per heavy atom. The van der Waals surface area contributed by atoms with Crippen LogP contribution in [0.1, 0.15) is 5.56 Å². The molecule has 0 amide bonds. The summed E-state index contributed by atoms with van der Waals surface area (Å²) < 4.78 is 37.2. The zero-order valence-corrected chi connectivity index (χ0v) is 16.9. The topological polar surface area (TPSA) is 72.9 Å². The van der Waals surface area contributed by atoms with Gasteiger partial charge in [-0.05, 0) is 61.0 Å². The molecule has 0 fully saturated rings. The number of hydrogen-bond donors (Lipinski definition) is 0. The van der Waals surface area contributed by atoms with Crippen molar-refractivity contribution >= 4 is 21.7 Å². The number of carbonyl (C=O) groups excluding carboxylic acids is 1. The van der Waals surface area contributed by atoms with Crippen LogP contribution in [0, 0.1) is 6.92 Å². The van der Waals surface area contributed by atoms with Gasteiger partial charge in [-0.1, -0.05) is 30.3 Å². The van der Waals surface area contributed by atoms with Gasteiger partial charge in [0.05, 0.1) is 10.6 Å². The van der Waals surface area contributed by atoms with Gasteiger partial charge < -0.3 is 9.47 Å². The normalized spacial score (nSPS) is 11.0. The van der Waals surface area contributed by atoms with E-state index >= 15 is 0 Å². The SMILES string of the molecule is Cc1cccc(OCC(=O)Oc2ccc(N(C)S(=O)(=O)c3ccccc3)cc2)c1. The Kier molecular flexibility index (Phi) is 6.19. The van der Waals surface area contributed by atoms with Gasteiger partial charge in [0, 0.05) is 7.05 Å². The molecule has 0 aliphatic heterocycles. The van der Waals surface area contributed by atoms with Crippen molar-refractivity contribution in [2.75, 3.05) is 18.0 Å². The summed E-state index contributed by atoms with van der Waals surface area (Å²) in [6.07, 6.45) is 0. The molecule has 0 aliphatic carbocycles. The number of nitrogens with zero attached hydrogens (tertiary/aromatic N) is 1. The zero-order valence-electron chi connectivity index (χ0n) is 16.1. The molecule has 0 heterocycles. The molecule has 0 radical (unpaired) electrons. The lowest BCUT2D eigenvalue weighted by atomic mass is 10.2. The molecule has 0 spiro atoms. The number of hydrogen-bond acceptors (Lipinski definition) is 5. The number of carbonyl (C=O) groups is 1. The molecule has 0 unspecified atom stereocenters. The second-order valence-electron chi connectivity index (χ2n) is 6.36. The Labute approximate surface area is 170 Å². The molecule has 0 N–H and O–H groups in total. The van der Waals surface area contributed by atoms with Crippen LogP contribution >= 0.6 is 0 Å². The minimum absolute atomic E-state index is 0.200. The van der Waals surface area contributed by atoms with E-state index in [1.807, 2.05) is 25.1 Å². The summed E-state index contributed by atoms with van der Waals surface area (Å²) in [5.41, 5.74) is 1.48. The highest BCUT2D eigenvalue weighted by Crippen LogP contribution is 2.24. The number of esters is 1. The second kappa shape index (κ2) is 8.79. The average molecular weight is 411 g/mol. The van der Waals surface area contributed by atoms with E-state index in [9.17, 15) is 13.2 Å². The molecule has 6 nitrogen and oxygen atoms in total. The van der Waals surface area contributed by atoms with Gasteiger partial charge in [-0.3, -0.25) is 4.31 Å². The summed E-state index contributed by atoms with van der Waals surface area (Å²) in [6.45, 7) is 1.70. The van der Waals surface area contributed by atoms with E-state index in [0.717, 1.165) is 5.56 Å². The van der Waals surface area contributed by atoms with Crippen LogP contribution in [-0.2, 0) is 14.8 Å². The molecule has 0 saturated heterocycles. The first-order valence-corrected chi connectivity index (χ1v) is 10.3. The molecule has 3 aromatic carbocycles. The van der Waals surface area contributed by atoms with E-state index < -0.39 is 16.0 Å². The third-order valence-electron chi connectivity index (χ3n) is 4.18. The molecule has 7 heteroatoms. The Morgan fingerprint density at radius 3 is 2.24 bits per heavy atom. The third kappa shape index (κ3) is 5.14. The molecule has 29 heavy (non-hydrogen) atoms. The highest BCUT2D eigenvalue weighted by atomic mass is 32.2. The molecule has 0 aromatic heterocycles. The first kappa shape index (κ1) is 20.4. The van der Waals surface area contributed by atoms with Crippen LogP contribution in [0.4, 0.5) is 5.69 Å². The molecule has 0 aliphatic rings. The fraction of sp³-hybridized carbons (Fsp3) is 0.136. The summed E-state index contributed by atoms with van der Waals surface area (Å²) in [5, 5.41) is 0. The van der Waals surface area contributed by atoms with Crippen LogP contribution in [0.3, 0.4) is 0 Å². The minimum Gasteiger partial charge on any atom is -0.482 e. The van der Waals surface area contributed by atoms with Crippen molar-refractivity contribution < 1.29 is 22.7 Å². The Balaban J connectivity index is 1.61. The van der Waals surface area contributed by atoms with Crippen LogP contribution in [0.2, 0.25) is 0 Å². The van der Waals surface area contributed by atoms with Crippen molar-refractivity contribution in [1.82, 2.24) is 0 Å².